The van der Waals surface area contributed by atoms with Crippen LogP contribution in [0.15, 0.2) is 54.0 Å². The van der Waals surface area contributed by atoms with Crippen LogP contribution >= 0.6 is 0 Å². The first-order chi connectivity index (χ1) is 12.8. The van der Waals surface area contributed by atoms with Crippen molar-refractivity contribution in [1.82, 2.24) is 4.90 Å². The summed E-state index contributed by atoms with van der Waals surface area (Å²) in [6.45, 7) is 12.5. The summed E-state index contributed by atoms with van der Waals surface area (Å²) in [6, 6.07) is 11.6. The molecule has 0 saturated heterocycles. The minimum atomic E-state index is -0.962. The van der Waals surface area contributed by atoms with E-state index in [1.54, 1.807) is 13.0 Å². The van der Waals surface area contributed by atoms with E-state index in [9.17, 15) is 5.11 Å². The maximum absolute atomic E-state index is 10.6. The van der Waals surface area contributed by atoms with Gasteiger partial charge in [0.2, 0.25) is 0 Å². The van der Waals surface area contributed by atoms with Crippen molar-refractivity contribution in [2.45, 2.75) is 39.7 Å². The molecule has 0 heterocycles. The van der Waals surface area contributed by atoms with Crippen molar-refractivity contribution < 1.29 is 9.84 Å². The third kappa shape index (κ3) is 5.44. The monoisotopic (exact) mass is 366 g/mol. The fourth-order valence-corrected chi connectivity index (χ4v) is 2.69. The summed E-state index contributed by atoms with van der Waals surface area (Å²) < 4.78 is 6.11. The van der Waals surface area contributed by atoms with E-state index in [1.165, 1.54) is 0 Å². The summed E-state index contributed by atoms with van der Waals surface area (Å²) >= 11 is 0. The Morgan fingerprint density at radius 3 is 2.63 bits per heavy atom. The van der Waals surface area contributed by atoms with Crippen LogP contribution in [0.1, 0.15) is 37.0 Å². The highest BCUT2D eigenvalue weighted by molar-refractivity contribution is 5.64. The van der Waals surface area contributed by atoms with Crippen LogP contribution in [0.2, 0.25) is 0 Å². The minimum Gasteiger partial charge on any atom is -0.457 e. The van der Waals surface area contributed by atoms with Gasteiger partial charge in [0.1, 0.15) is 11.5 Å². The largest absolute Gasteiger partial charge is 0.457 e. The van der Waals surface area contributed by atoms with Crippen molar-refractivity contribution in [3.05, 3.63) is 65.7 Å². The molecule has 0 amide bonds. The van der Waals surface area contributed by atoms with Crippen LogP contribution in [0.25, 0.3) is 0 Å². The van der Waals surface area contributed by atoms with Gasteiger partial charge < -0.3 is 14.7 Å². The molecule has 0 fully saturated rings. The molecule has 0 aliphatic heterocycles. The van der Waals surface area contributed by atoms with Gasteiger partial charge in [-0.25, -0.2) is 4.99 Å². The molecule has 144 valence electrons. The van der Waals surface area contributed by atoms with Crippen molar-refractivity contribution >= 4 is 12.0 Å². The quantitative estimate of drug-likeness (QED) is 0.382. The average molecular weight is 367 g/mol. The summed E-state index contributed by atoms with van der Waals surface area (Å²) in [6.07, 6.45) is 4.04. The lowest BCUT2D eigenvalue weighted by Crippen LogP contribution is -2.19. The van der Waals surface area contributed by atoms with Crippen LogP contribution in [-0.4, -0.2) is 29.9 Å². The molecular formula is C23H30N2O2. The average Bonchev–Trinajstić information content (AvgIpc) is 2.63. The molecule has 4 nitrogen and oxygen atoms in total. The topological polar surface area (TPSA) is 45.1 Å². The molecule has 0 radical (unpaired) electrons. The molecule has 2 rings (SSSR count). The molecule has 2 aromatic carbocycles. The first-order valence-corrected chi connectivity index (χ1v) is 9.24. The number of benzene rings is 2. The van der Waals surface area contributed by atoms with E-state index in [4.69, 9.17) is 4.74 Å². The van der Waals surface area contributed by atoms with Gasteiger partial charge in [-0.05, 0) is 75.1 Å². The highest BCUT2D eigenvalue weighted by Gasteiger charge is 2.21. The van der Waals surface area contributed by atoms with Crippen molar-refractivity contribution in [3.63, 3.8) is 0 Å². The van der Waals surface area contributed by atoms with Crippen LogP contribution in [0.3, 0.4) is 0 Å². The molecule has 0 aliphatic carbocycles. The predicted molar refractivity (Wildman–Crippen MR) is 113 cm³/mol. The molecule has 4 heteroatoms. The number of aliphatic imine (C=N–C) groups is 1. The second-order valence-corrected chi connectivity index (χ2v) is 7.12. The molecule has 0 aromatic heterocycles. The number of hydrogen-bond acceptors (Lipinski definition) is 3. The van der Waals surface area contributed by atoms with E-state index < -0.39 is 5.60 Å². The second-order valence-electron chi connectivity index (χ2n) is 7.12. The molecule has 0 aliphatic rings. The molecular weight excluding hydrogens is 336 g/mol. The van der Waals surface area contributed by atoms with E-state index in [1.807, 2.05) is 68.5 Å². The molecule has 0 spiro atoms. The third-order valence-corrected chi connectivity index (χ3v) is 4.61. The SMILES string of the molecule is C=CCC(C)(O)c1cccc(Oc2cc(C)c(N=CN(C)CC)cc2C)c1. The summed E-state index contributed by atoms with van der Waals surface area (Å²) in [5.41, 5.74) is 2.83. The van der Waals surface area contributed by atoms with Gasteiger partial charge in [0.25, 0.3) is 0 Å². The molecule has 2 aromatic rings. The highest BCUT2D eigenvalue weighted by Crippen LogP contribution is 2.33. The van der Waals surface area contributed by atoms with Gasteiger partial charge in [-0.3, -0.25) is 0 Å². The lowest BCUT2D eigenvalue weighted by atomic mass is 9.92. The van der Waals surface area contributed by atoms with E-state index in [2.05, 4.69) is 18.5 Å². The zero-order valence-electron chi connectivity index (χ0n) is 17.0. The number of nitrogens with zero attached hydrogens (tertiary/aromatic N) is 2. The summed E-state index contributed by atoms with van der Waals surface area (Å²) in [5.74, 6) is 1.48. The Labute approximate surface area is 162 Å². The molecule has 0 saturated carbocycles. The second kappa shape index (κ2) is 8.87. The zero-order chi connectivity index (χ0) is 20.0. The van der Waals surface area contributed by atoms with Crippen LogP contribution < -0.4 is 4.74 Å². The lowest BCUT2D eigenvalue weighted by Gasteiger charge is -2.23. The maximum Gasteiger partial charge on any atom is 0.130 e. The Balaban J connectivity index is 2.27. The van der Waals surface area contributed by atoms with Gasteiger partial charge in [-0.1, -0.05) is 18.2 Å². The standard InChI is InChI=1S/C23H30N2O2/c1-7-12-23(5,26)19-10-9-11-20(15-19)27-22-14-17(3)21(13-18(22)4)24-16-25(6)8-2/h7,9-11,13-16,26H,1,8,12H2,2-6H3. The van der Waals surface area contributed by atoms with Crippen molar-refractivity contribution in [2.75, 3.05) is 13.6 Å². The van der Waals surface area contributed by atoms with Gasteiger partial charge in [0, 0.05) is 13.6 Å². The summed E-state index contributed by atoms with van der Waals surface area (Å²) in [4.78, 5) is 6.58. The van der Waals surface area contributed by atoms with Crippen LogP contribution in [-0.2, 0) is 5.60 Å². The summed E-state index contributed by atoms with van der Waals surface area (Å²) in [7, 11) is 2.00. The van der Waals surface area contributed by atoms with Gasteiger partial charge in [-0.15, -0.1) is 6.58 Å². The Morgan fingerprint density at radius 1 is 1.22 bits per heavy atom. The first-order valence-electron chi connectivity index (χ1n) is 9.24. The fourth-order valence-electron chi connectivity index (χ4n) is 2.69. The smallest absolute Gasteiger partial charge is 0.130 e. The maximum atomic E-state index is 10.6. The molecule has 1 N–H and O–H groups in total. The van der Waals surface area contributed by atoms with E-state index in [0.29, 0.717) is 12.2 Å². The van der Waals surface area contributed by atoms with E-state index >= 15 is 0 Å². The van der Waals surface area contributed by atoms with Crippen molar-refractivity contribution in [2.24, 2.45) is 4.99 Å². The number of aryl methyl sites for hydroxylation is 2. The molecule has 0 bridgehead atoms. The fraction of sp³-hybridized carbons (Fsp3) is 0.348. The van der Waals surface area contributed by atoms with E-state index in [0.717, 1.165) is 34.7 Å². The Hall–Kier alpha value is -2.59. The third-order valence-electron chi connectivity index (χ3n) is 4.61. The number of aliphatic hydroxyl groups is 1. The minimum absolute atomic E-state index is 0.480. The van der Waals surface area contributed by atoms with Crippen LogP contribution in [0.4, 0.5) is 5.69 Å². The first kappa shape index (κ1) is 20.7. The van der Waals surface area contributed by atoms with Gasteiger partial charge in [-0.2, -0.15) is 0 Å². The van der Waals surface area contributed by atoms with Gasteiger partial charge >= 0.3 is 0 Å². The number of hydrogen-bond donors (Lipinski definition) is 1. The van der Waals surface area contributed by atoms with Crippen LogP contribution in [0.5, 0.6) is 11.5 Å². The number of ether oxygens (including phenoxy) is 1. The molecule has 27 heavy (non-hydrogen) atoms. The lowest BCUT2D eigenvalue weighted by molar-refractivity contribution is 0.0604. The zero-order valence-corrected chi connectivity index (χ0v) is 17.0. The normalized spacial score (nSPS) is 13.4. The molecule has 1 atom stereocenters. The van der Waals surface area contributed by atoms with Crippen LogP contribution in [0, 0.1) is 13.8 Å². The highest BCUT2D eigenvalue weighted by atomic mass is 16.5. The van der Waals surface area contributed by atoms with Gasteiger partial charge in [0.05, 0.1) is 17.6 Å². The Kier molecular flexibility index (Phi) is 6.81. The predicted octanol–water partition coefficient (Wildman–Crippen LogP) is 5.49. The number of rotatable bonds is 8. The van der Waals surface area contributed by atoms with E-state index in [-0.39, 0.29) is 0 Å². The Morgan fingerprint density at radius 2 is 1.96 bits per heavy atom. The molecule has 1 unspecified atom stereocenters. The van der Waals surface area contributed by atoms with Crippen molar-refractivity contribution in [1.29, 1.82) is 0 Å². The van der Waals surface area contributed by atoms with Crippen molar-refractivity contribution in [3.8, 4) is 11.5 Å². The summed E-state index contributed by atoms with van der Waals surface area (Å²) in [5, 5.41) is 10.6. The Bertz CT molecular complexity index is 825. The van der Waals surface area contributed by atoms with Gasteiger partial charge in [0.15, 0.2) is 0 Å².